The third-order valence-corrected chi connectivity index (χ3v) is 7.75. The van der Waals surface area contributed by atoms with Crippen LogP contribution in [0.4, 0.5) is 4.79 Å². The maximum absolute atomic E-state index is 13.2. The molecule has 1 aromatic carbocycles. The number of rotatable bonds is 6. The van der Waals surface area contributed by atoms with E-state index in [2.05, 4.69) is 15.5 Å². The molecule has 10 heteroatoms. The van der Waals surface area contributed by atoms with E-state index in [9.17, 15) is 14.4 Å². The highest BCUT2D eigenvalue weighted by Gasteiger charge is 2.40. The van der Waals surface area contributed by atoms with Gasteiger partial charge in [0.15, 0.2) is 11.0 Å². The molecule has 5 rings (SSSR count). The average Bonchev–Trinajstić information content (AvgIpc) is 3.55. The normalized spacial score (nSPS) is 22.8. The van der Waals surface area contributed by atoms with E-state index in [4.69, 9.17) is 4.42 Å². The number of aryl methyl sites for hydroxylation is 2. The summed E-state index contributed by atoms with van der Waals surface area (Å²) in [6, 6.07) is 9.44. The van der Waals surface area contributed by atoms with Crippen LogP contribution >= 0.6 is 23.5 Å². The lowest BCUT2D eigenvalue weighted by Gasteiger charge is -2.16. The van der Waals surface area contributed by atoms with Crippen LogP contribution in [0, 0.1) is 0 Å². The Balaban J connectivity index is 1.34. The van der Waals surface area contributed by atoms with Crippen molar-refractivity contribution < 1.29 is 18.8 Å². The Bertz CT molecular complexity index is 1160. The van der Waals surface area contributed by atoms with Crippen molar-refractivity contribution in [3.8, 4) is 0 Å². The van der Waals surface area contributed by atoms with Crippen molar-refractivity contribution in [2.45, 2.75) is 43.9 Å². The van der Waals surface area contributed by atoms with Gasteiger partial charge in [-0.25, -0.2) is 0 Å². The molecule has 2 fully saturated rings. The summed E-state index contributed by atoms with van der Waals surface area (Å²) in [4.78, 5) is 39.1. The van der Waals surface area contributed by atoms with Gasteiger partial charge in [-0.3, -0.25) is 19.3 Å². The first-order chi connectivity index (χ1) is 16.1. The largest absolute Gasteiger partial charge is 0.467 e. The Hall–Kier alpha value is -2.85. The molecule has 1 aliphatic carbocycles. The third kappa shape index (κ3) is 4.91. The van der Waals surface area contributed by atoms with E-state index in [0.29, 0.717) is 28.1 Å². The first-order valence-electron chi connectivity index (χ1n) is 10.8. The lowest BCUT2D eigenvalue weighted by molar-refractivity contribution is -0.126. The Morgan fingerprint density at radius 1 is 1.15 bits per heavy atom. The van der Waals surface area contributed by atoms with Crippen LogP contribution < -0.4 is 5.32 Å². The highest BCUT2D eigenvalue weighted by Crippen LogP contribution is 2.32. The van der Waals surface area contributed by atoms with Crippen LogP contribution in [0.5, 0.6) is 0 Å². The molecule has 0 radical (unpaired) electrons. The highest BCUT2D eigenvalue weighted by atomic mass is 32.2. The molecule has 1 N–H and O–H groups in total. The minimum Gasteiger partial charge on any atom is -0.467 e. The SMILES string of the molecule is O=C1N/C(=N\N=C2/SC(CC(=O)c3ccc4c(c3)CCCC4)C(=O)N2Cc2ccco2)CS1. The summed E-state index contributed by atoms with van der Waals surface area (Å²) in [5, 5.41) is 10.6. The number of nitrogens with one attached hydrogen (secondary N) is 1. The van der Waals surface area contributed by atoms with E-state index in [0.717, 1.165) is 31.0 Å². The second-order valence-corrected chi connectivity index (χ2v) is 10.2. The molecule has 3 heterocycles. The van der Waals surface area contributed by atoms with E-state index in [-0.39, 0.29) is 29.9 Å². The van der Waals surface area contributed by atoms with Crippen molar-refractivity contribution in [1.82, 2.24) is 10.2 Å². The zero-order valence-electron chi connectivity index (χ0n) is 17.8. The molecule has 0 spiro atoms. The number of thioether (sulfide) groups is 2. The smallest absolute Gasteiger partial charge is 0.284 e. The van der Waals surface area contributed by atoms with E-state index < -0.39 is 5.25 Å². The fourth-order valence-corrected chi connectivity index (χ4v) is 5.77. The van der Waals surface area contributed by atoms with Crippen LogP contribution in [0.1, 0.15) is 46.5 Å². The van der Waals surface area contributed by atoms with Crippen molar-refractivity contribution in [2.24, 2.45) is 10.2 Å². The van der Waals surface area contributed by atoms with Crippen LogP contribution in [0.25, 0.3) is 0 Å². The Kier molecular flexibility index (Phi) is 6.37. The van der Waals surface area contributed by atoms with Gasteiger partial charge in [-0.2, -0.15) is 0 Å². The summed E-state index contributed by atoms with van der Waals surface area (Å²) < 4.78 is 5.40. The van der Waals surface area contributed by atoms with Gasteiger partial charge in [0.2, 0.25) is 5.91 Å². The van der Waals surface area contributed by atoms with Crippen LogP contribution in [-0.2, 0) is 24.2 Å². The first kappa shape index (κ1) is 22.0. The number of ketones is 1. The number of hydrogen-bond donors (Lipinski definition) is 1. The number of carbonyl (C=O) groups is 3. The van der Waals surface area contributed by atoms with Crippen molar-refractivity contribution >= 4 is 51.5 Å². The number of carbonyl (C=O) groups excluding carboxylic acids is 3. The summed E-state index contributed by atoms with van der Waals surface area (Å²) in [5.74, 6) is 1.20. The Morgan fingerprint density at radius 3 is 2.76 bits per heavy atom. The number of amidine groups is 2. The molecule has 33 heavy (non-hydrogen) atoms. The fourth-order valence-electron chi connectivity index (χ4n) is 4.09. The molecule has 8 nitrogen and oxygen atoms in total. The number of fused-ring (bicyclic) bond motifs is 1. The monoisotopic (exact) mass is 482 g/mol. The van der Waals surface area contributed by atoms with E-state index in [1.54, 1.807) is 18.4 Å². The zero-order valence-corrected chi connectivity index (χ0v) is 19.4. The van der Waals surface area contributed by atoms with Gasteiger partial charge in [0.25, 0.3) is 5.24 Å². The molecule has 1 unspecified atom stereocenters. The Morgan fingerprint density at radius 2 is 2.00 bits per heavy atom. The summed E-state index contributed by atoms with van der Waals surface area (Å²) in [7, 11) is 0. The van der Waals surface area contributed by atoms with Gasteiger partial charge < -0.3 is 9.73 Å². The third-order valence-electron chi connectivity index (χ3n) is 5.80. The molecule has 0 saturated carbocycles. The van der Waals surface area contributed by atoms with Gasteiger partial charge in [-0.1, -0.05) is 35.7 Å². The second kappa shape index (κ2) is 9.56. The predicted octanol–water partition coefficient (Wildman–Crippen LogP) is 4.00. The molecule has 1 aromatic heterocycles. The maximum atomic E-state index is 13.2. The minimum absolute atomic E-state index is 0.0563. The van der Waals surface area contributed by atoms with Crippen LogP contribution in [0.15, 0.2) is 51.2 Å². The average molecular weight is 483 g/mol. The standard InChI is InChI=1S/C23H22N4O4S2/c28-18(16-8-7-14-4-1-2-5-15(14)10-16)11-19-21(29)27(12-17-6-3-9-31-17)22(33-19)26-25-20-13-32-23(30)24-20/h3,6-10,19H,1-2,4-5,11-13H2,(H,24,25,30)/b26-22-. The molecule has 1 atom stereocenters. The fraction of sp³-hybridized carbons (Fsp3) is 0.348. The number of Topliss-reactive ketones (excluding diaryl/α,β-unsaturated/α-hetero) is 1. The molecule has 3 aliphatic rings. The second-order valence-electron chi connectivity index (χ2n) is 8.06. The minimum atomic E-state index is -0.588. The van der Waals surface area contributed by atoms with Gasteiger partial charge in [-0.15, -0.1) is 10.2 Å². The van der Waals surface area contributed by atoms with Crippen molar-refractivity contribution in [2.75, 3.05) is 5.75 Å². The molecule has 2 saturated heterocycles. The van der Waals surface area contributed by atoms with Crippen molar-refractivity contribution in [3.05, 3.63) is 59.0 Å². The molecule has 170 valence electrons. The molecule has 2 amide bonds. The molecule has 2 aromatic rings. The number of nitrogens with zero attached hydrogens (tertiary/aromatic N) is 3. The topological polar surface area (TPSA) is 104 Å². The molecule has 0 bridgehead atoms. The van der Waals surface area contributed by atoms with Crippen LogP contribution in [0.2, 0.25) is 0 Å². The van der Waals surface area contributed by atoms with Gasteiger partial charge >= 0.3 is 0 Å². The summed E-state index contributed by atoms with van der Waals surface area (Å²) in [5.41, 5.74) is 3.21. The summed E-state index contributed by atoms with van der Waals surface area (Å²) in [6.45, 7) is 0.202. The van der Waals surface area contributed by atoms with E-state index in [1.807, 2.05) is 18.2 Å². The maximum Gasteiger partial charge on any atom is 0.284 e. The molecular weight excluding hydrogens is 460 g/mol. The quantitative estimate of drug-likeness (QED) is 0.493. The zero-order chi connectivity index (χ0) is 22.8. The number of hydrogen-bond acceptors (Lipinski definition) is 8. The number of benzene rings is 1. The predicted molar refractivity (Wildman–Crippen MR) is 129 cm³/mol. The lowest BCUT2D eigenvalue weighted by atomic mass is 9.89. The number of furan rings is 1. The van der Waals surface area contributed by atoms with Crippen molar-refractivity contribution in [1.29, 1.82) is 0 Å². The number of amides is 2. The highest BCUT2D eigenvalue weighted by molar-refractivity contribution is 8.15. The van der Waals surface area contributed by atoms with E-state index >= 15 is 0 Å². The van der Waals surface area contributed by atoms with Crippen LogP contribution in [-0.4, -0.2) is 43.8 Å². The van der Waals surface area contributed by atoms with Crippen molar-refractivity contribution in [3.63, 3.8) is 0 Å². The Labute approximate surface area is 199 Å². The van der Waals surface area contributed by atoms with E-state index in [1.165, 1.54) is 34.2 Å². The summed E-state index contributed by atoms with van der Waals surface area (Å²) in [6.07, 6.45) is 6.01. The van der Waals surface area contributed by atoms with Crippen LogP contribution in [0.3, 0.4) is 0 Å². The van der Waals surface area contributed by atoms with Gasteiger partial charge in [0, 0.05) is 12.0 Å². The van der Waals surface area contributed by atoms with Gasteiger partial charge in [0.1, 0.15) is 11.6 Å². The summed E-state index contributed by atoms with van der Waals surface area (Å²) >= 11 is 2.33. The van der Waals surface area contributed by atoms with Gasteiger partial charge in [0.05, 0.1) is 23.8 Å². The molecule has 2 aliphatic heterocycles. The lowest BCUT2D eigenvalue weighted by Crippen LogP contribution is -2.32. The first-order valence-corrected chi connectivity index (χ1v) is 12.7. The molecular formula is C23H22N4O4S2. The van der Waals surface area contributed by atoms with Gasteiger partial charge in [-0.05, 0) is 55.0 Å².